The van der Waals surface area contributed by atoms with Crippen LogP contribution in [0.4, 0.5) is 0 Å². The van der Waals surface area contributed by atoms with Crippen LogP contribution in [-0.4, -0.2) is 34.2 Å². The minimum Gasteiger partial charge on any atom is -0.444 e. The van der Waals surface area contributed by atoms with Gasteiger partial charge in [0.15, 0.2) is 0 Å². The molecule has 0 aliphatic heterocycles. The molecule has 0 radical (unpaired) electrons. The van der Waals surface area contributed by atoms with Crippen molar-refractivity contribution in [3.05, 3.63) is 41.2 Å². The van der Waals surface area contributed by atoms with Gasteiger partial charge in [0.05, 0.1) is 12.3 Å². The van der Waals surface area contributed by atoms with Crippen LogP contribution in [0.2, 0.25) is 5.02 Å². The van der Waals surface area contributed by atoms with E-state index in [0.29, 0.717) is 23.5 Å². The van der Waals surface area contributed by atoms with Crippen LogP contribution in [0.15, 0.2) is 34.9 Å². The zero-order chi connectivity index (χ0) is 14.7. The molecule has 1 aliphatic carbocycles. The summed E-state index contributed by atoms with van der Waals surface area (Å²) in [5.74, 6) is 0.588. The average Bonchev–Trinajstić information content (AvgIpc) is 2.85. The Morgan fingerprint density at radius 2 is 2.24 bits per heavy atom. The quantitative estimate of drug-likeness (QED) is 0.889. The Bertz CT molecular complexity index is 595. The topological polar surface area (TPSA) is 49.5 Å². The first-order valence-electron chi connectivity index (χ1n) is 7.31. The standard InChI is InChI=1S/C16H19ClN2O2/c17-13-4-1-3-12(9-13)16-18-14(11-21-16)10-19(7-8-20)15-5-2-6-15/h1,3-4,9,11,15,20H,2,5-8,10H2. The van der Waals surface area contributed by atoms with Gasteiger partial charge in [0, 0.05) is 29.7 Å². The van der Waals surface area contributed by atoms with E-state index >= 15 is 0 Å². The molecule has 0 amide bonds. The maximum Gasteiger partial charge on any atom is 0.226 e. The van der Waals surface area contributed by atoms with Gasteiger partial charge in [0.2, 0.25) is 5.89 Å². The average molecular weight is 307 g/mol. The zero-order valence-corrected chi connectivity index (χ0v) is 12.6. The van der Waals surface area contributed by atoms with Crippen LogP contribution in [-0.2, 0) is 6.54 Å². The van der Waals surface area contributed by atoms with E-state index in [1.807, 2.05) is 24.3 Å². The van der Waals surface area contributed by atoms with Crippen molar-refractivity contribution >= 4 is 11.6 Å². The van der Waals surface area contributed by atoms with Crippen molar-refractivity contribution in [2.45, 2.75) is 31.8 Å². The van der Waals surface area contributed by atoms with Crippen LogP contribution >= 0.6 is 11.6 Å². The Labute approximate surface area is 129 Å². The monoisotopic (exact) mass is 306 g/mol. The summed E-state index contributed by atoms with van der Waals surface area (Å²) in [5.41, 5.74) is 1.77. The molecule has 1 saturated carbocycles. The Morgan fingerprint density at radius 3 is 2.90 bits per heavy atom. The molecule has 4 nitrogen and oxygen atoms in total. The summed E-state index contributed by atoms with van der Waals surface area (Å²) in [5, 5.41) is 9.87. The lowest BCUT2D eigenvalue weighted by molar-refractivity contribution is 0.0933. The van der Waals surface area contributed by atoms with Crippen LogP contribution in [0.5, 0.6) is 0 Å². The van der Waals surface area contributed by atoms with Gasteiger partial charge in [0.1, 0.15) is 6.26 Å². The molecular weight excluding hydrogens is 288 g/mol. The first-order valence-corrected chi connectivity index (χ1v) is 7.69. The molecule has 21 heavy (non-hydrogen) atoms. The molecule has 5 heteroatoms. The highest BCUT2D eigenvalue weighted by Gasteiger charge is 2.25. The maximum atomic E-state index is 9.20. The van der Waals surface area contributed by atoms with E-state index in [4.69, 9.17) is 16.0 Å². The molecule has 0 spiro atoms. The maximum absolute atomic E-state index is 9.20. The van der Waals surface area contributed by atoms with Crippen molar-refractivity contribution in [1.82, 2.24) is 9.88 Å². The van der Waals surface area contributed by atoms with E-state index in [2.05, 4.69) is 9.88 Å². The third kappa shape index (κ3) is 3.46. The van der Waals surface area contributed by atoms with Gasteiger partial charge in [0.25, 0.3) is 0 Å². The number of aliphatic hydroxyl groups excluding tert-OH is 1. The number of hydrogen-bond donors (Lipinski definition) is 1. The van der Waals surface area contributed by atoms with Crippen molar-refractivity contribution in [3.8, 4) is 11.5 Å². The van der Waals surface area contributed by atoms with Gasteiger partial charge in [-0.3, -0.25) is 4.90 Å². The van der Waals surface area contributed by atoms with E-state index in [1.165, 1.54) is 19.3 Å². The third-order valence-electron chi connectivity index (χ3n) is 3.97. The highest BCUT2D eigenvalue weighted by atomic mass is 35.5. The number of halogens is 1. The fourth-order valence-electron chi connectivity index (χ4n) is 2.61. The third-order valence-corrected chi connectivity index (χ3v) is 4.20. The molecule has 1 fully saturated rings. The number of hydrogen-bond acceptors (Lipinski definition) is 4. The lowest BCUT2D eigenvalue weighted by Gasteiger charge is -2.36. The Balaban J connectivity index is 1.71. The lowest BCUT2D eigenvalue weighted by atomic mass is 9.91. The summed E-state index contributed by atoms with van der Waals surface area (Å²) in [7, 11) is 0. The number of benzene rings is 1. The molecule has 1 heterocycles. The van der Waals surface area contributed by atoms with Crippen molar-refractivity contribution < 1.29 is 9.52 Å². The molecule has 0 saturated heterocycles. The van der Waals surface area contributed by atoms with E-state index in [9.17, 15) is 5.11 Å². The van der Waals surface area contributed by atoms with E-state index < -0.39 is 0 Å². The van der Waals surface area contributed by atoms with Gasteiger partial charge in [-0.05, 0) is 31.0 Å². The van der Waals surface area contributed by atoms with Crippen molar-refractivity contribution in [2.75, 3.05) is 13.2 Å². The van der Waals surface area contributed by atoms with Gasteiger partial charge in [-0.2, -0.15) is 0 Å². The number of nitrogens with zero attached hydrogens (tertiary/aromatic N) is 2. The van der Waals surface area contributed by atoms with Gasteiger partial charge in [-0.15, -0.1) is 0 Å². The molecule has 3 rings (SSSR count). The zero-order valence-electron chi connectivity index (χ0n) is 11.8. The summed E-state index contributed by atoms with van der Waals surface area (Å²) in [4.78, 5) is 6.82. The highest BCUT2D eigenvalue weighted by molar-refractivity contribution is 6.30. The van der Waals surface area contributed by atoms with Crippen LogP contribution in [0.1, 0.15) is 25.0 Å². The Kier molecular flexibility index (Phi) is 4.58. The molecule has 0 atom stereocenters. The molecule has 1 aliphatic rings. The number of aliphatic hydroxyl groups is 1. The normalized spacial score (nSPS) is 15.4. The Hall–Kier alpha value is -1.36. The lowest BCUT2D eigenvalue weighted by Crippen LogP contribution is -2.41. The van der Waals surface area contributed by atoms with Gasteiger partial charge in [-0.1, -0.05) is 24.1 Å². The van der Waals surface area contributed by atoms with Gasteiger partial charge in [-0.25, -0.2) is 4.98 Å². The van der Waals surface area contributed by atoms with E-state index in [-0.39, 0.29) is 6.61 Å². The summed E-state index contributed by atoms with van der Waals surface area (Å²) >= 11 is 5.99. The number of rotatable bonds is 6. The number of aromatic nitrogens is 1. The summed E-state index contributed by atoms with van der Waals surface area (Å²) in [6, 6.07) is 8.05. The van der Waals surface area contributed by atoms with Gasteiger partial charge >= 0.3 is 0 Å². The predicted octanol–water partition coefficient (Wildman–Crippen LogP) is 3.34. The second kappa shape index (κ2) is 6.60. The first-order chi connectivity index (χ1) is 10.3. The fourth-order valence-corrected chi connectivity index (χ4v) is 2.80. The van der Waals surface area contributed by atoms with Crippen LogP contribution in [0.25, 0.3) is 11.5 Å². The molecular formula is C16H19ClN2O2. The highest BCUT2D eigenvalue weighted by Crippen LogP contribution is 2.27. The van der Waals surface area contributed by atoms with E-state index in [1.54, 1.807) is 6.26 Å². The van der Waals surface area contributed by atoms with E-state index in [0.717, 1.165) is 17.8 Å². The summed E-state index contributed by atoms with van der Waals surface area (Å²) in [6.07, 6.45) is 5.39. The molecule has 2 aromatic rings. The largest absolute Gasteiger partial charge is 0.444 e. The molecule has 1 aromatic heterocycles. The summed E-state index contributed by atoms with van der Waals surface area (Å²) in [6.45, 7) is 1.58. The van der Waals surface area contributed by atoms with Crippen molar-refractivity contribution in [2.24, 2.45) is 0 Å². The molecule has 1 aromatic carbocycles. The summed E-state index contributed by atoms with van der Waals surface area (Å²) < 4.78 is 5.56. The number of oxazole rings is 1. The molecule has 0 unspecified atom stereocenters. The predicted molar refractivity (Wildman–Crippen MR) is 82.1 cm³/mol. The van der Waals surface area contributed by atoms with Crippen molar-refractivity contribution in [3.63, 3.8) is 0 Å². The molecule has 0 bridgehead atoms. The first kappa shape index (κ1) is 14.6. The Morgan fingerprint density at radius 1 is 1.38 bits per heavy atom. The smallest absolute Gasteiger partial charge is 0.226 e. The van der Waals surface area contributed by atoms with Crippen molar-refractivity contribution in [1.29, 1.82) is 0 Å². The minimum absolute atomic E-state index is 0.176. The van der Waals surface area contributed by atoms with Crippen LogP contribution in [0.3, 0.4) is 0 Å². The van der Waals surface area contributed by atoms with Crippen LogP contribution in [0, 0.1) is 0 Å². The van der Waals surface area contributed by atoms with Gasteiger partial charge < -0.3 is 9.52 Å². The minimum atomic E-state index is 0.176. The van der Waals surface area contributed by atoms with Crippen LogP contribution < -0.4 is 0 Å². The second-order valence-electron chi connectivity index (χ2n) is 5.43. The molecule has 112 valence electrons. The second-order valence-corrected chi connectivity index (χ2v) is 5.87. The fraction of sp³-hybridized carbons (Fsp3) is 0.438. The molecule has 1 N–H and O–H groups in total. The SMILES string of the molecule is OCCN(Cc1coc(-c2cccc(Cl)c2)n1)C1CCC1.